The summed E-state index contributed by atoms with van der Waals surface area (Å²) >= 11 is 1.62. The number of ether oxygens (including phenoxy) is 1. The summed E-state index contributed by atoms with van der Waals surface area (Å²) in [5, 5.41) is 2.74. The Balaban J connectivity index is 1.89. The molecular weight excluding hydrogens is 376 g/mol. The van der Waals surface area contributed by atoms with Crippen LogP contribution < -0.4 is 14.4 Å². The zero-order chi connectivity index (χ0) is 19.0. The van der Waals surface area contributed by atoms with Crippen LogP contribution in [-0.4, -0.2) is 46.5 Å². The van der Waals surface area contributed by atoms with Gasteiger partial charge in [0.05, 0.1) is 31.1 Å². The number of hydrogen-bond acceptors (Lipinski definition) is 6. The van der Waals surface area contributed by atoms with E-state index in [0.29, 0.717) is 23.7 Å². The molecule has 0 aliphatic heterocycles. The summed E-state index contributed by atoms with van der Waals surface area (Å²) in [5.74, 6) is 2.31. The number of furan rings is 1. The highest BCUT2D eigenvalue weighted by atomic mass is 32.2. The second kappa shape index (κ2) is 9.54. The van der Waals surface area contributed by atoms with Gasteiger partial charge in [0, 0.05) is 12.3 Å². The van der Waals surface area contributed by atoms with Crippen LogP contribution in [0.5, 0.6) is 5.75 Å². The summed E-state index contributed by atoms with van der Waals surface area (Å²) in [6, 6.07) is 10.4. The molecule has 0 spiro atoms. The molecular formula is C17H22N2O5S2. The SMILES string of the molecule is COc1ccccc1N(CC(=O)NCCSCc1ccco1)S(C)(=O)=O. The number of carbonyl (C=O) groups is 1. The molecule has 1 aromatic carbocycles. The van der Waals surface area contributed by atoms with Crippen molar-refractivity contribution in [3.63, 3.8) is 0 Å². The minimum Gasteiger partial charge on any atom is -0.495 e. The van der Waals surface area contributed by atoms with Gasteiger partial charge >= 0.3 is 0 Å². The molecule has 2 rings (SSSR count). The fourth-order valence-electron chi connectivity index (χ4n) is 2.23. The summed E-state index contributed by atoms with van der Waals surface area (Å²) in [7, 11) is -2.18. The zero-order valence-electron chi connectivity index (χ0n) is 14.7. The monoisotopic (exact) mass is 398 g/mol. The first-order valence-electron chi connectivity index (χ1n) is 7.89. The van der Waals surface area contributed by atoms with Crippen LogP contribution >= 0.6 is 11.8 Å². The summed E-state index contributed by atoms with van der Waals surface area (Å²) in [6.45, 7) is 0.135. The van der Waals surface area contributed by atoms with Gasteiger partial charge in [-0.2, -0.15) is 11.8 Å². The van der Waals surface area contributed by atoms with Gasteiger partial charge in [-0.3, -0.25) is 9.10 Å². The van der Waals surface area contributed by atoms with Gasteiger partial charge in [-0.15, -0.1) is 0 Å². The van der Waals surface area contributed by atoms with E-state index in [2.05, 4.69) is 5.32 Å². The molecule has 0 unspecified atom stereocenters. The Morgan fingerprint density at radius 2 is 2.04 bits per heavy atom. The number of nitrogens with zero attached hydrogens (tertiary/aromatic N) is 1. The number of thioether (sulfide) groups is 1. The molecule has 1 N–H and O–H groups in total. The minimum absolute atomic E-state index is 0.304. The molecule has 0 bridgehead atoms. The van der Waals surface area contributed by atoms with Gasteiger partial charge in [0.25, 0.3) is 0 Å². The lowest BCUT2D eigenvalue weighted by molar-refractivity contribution is -0.119. The van der Waals surface area contributed by atoms with Crippen molar-refractivity contribution < 1.29 is 22.4 Å². The van der Waals surface area contributed by atoms with E-state index in [1.165, 1.54) is 7.11 Å². The van der Waals surface area contributed by atoms with E-state index >= 15 is 0 Å². The van der Waals surface area contributed by atoms with Gasteiger partial charge in [-0.25, -0.2) is 8.42 Å². The smallest absolute Gasteiger partial charge is 0.240 e. The van der Waals surface area contributed by atoms with Gasteiger partial charge in [-0.05, 0) is 24.3 Å². The third-order valence-corrected chi connectivity index (χ3v) is 5.54. The largest absolute Gasteiger partial charge is 0.495 e. The van der Waals surface area contributed by atoms with Crippen molar-refractivity contribution >= 4 is 33.4 Å². The number of methoxy groups -OCH3 is 1. The molecule has 0 saturated heterocycles. The molecule has 26 heavy (non-hydrogen) atoms. The zero-order valence-corrected chi connectivity index (χ0v) is 16.3. The van der Waals surface area contributed by atoms with E-state index in [9.17, 15) is 13.2 Å². The number of amides is 1. The van der Waals surface area contributed by atoms with Crippen LogP contribution in [0.25, 0.3) is 0 Å². The van der Waals surface area contributed by atoms with E-state index in [4.69, 9.17) is 9.15 Å². The lowest BCUT2D eigenvalue weighted by atomic mass is 10.3. The van der Waals surface area contributed by atoms with Crippen molar-refractivity contribution in [3.05, 3.63) is 48.4 Å². The molecule has 7 nitrogen and oxygen atoms in total. The quantitative estimate of drug-likeness (QED) is 0.617. The summed E-state index contributed by atoms with van der Waals surface area (Å²) in [6.07, 6.45) is 2.68. The van der Waals surface area contributed by atoms with E-state index < -0.39 is 10.0 Å². The second-order valence-electron chi connectivity index (χ2n) is 5.42. The van der Waals surface area contributed by atoms with E-state index in [-0.39, 0.29) is 12.5 Å². The molecule has 1 amide bonds. The highest BCUT2D eigenvalue weighted by Crippen LogP contribution is 2.29. The van der Waals surface area contributed by atoms with E-state index in [1.54, 1.807) is 42.3 Å². The predicted octanol–water partition coefficient (Wildman–Crippen LogP) is 2.10. The van der Waals surface area contributed by atoms with E-state index in [1.807, 2.05) is 12.1 Å². The Morgan fingerprint density at radius 1 is 1.27 bits per heavy atom. The normalized spacial score (nSPS) is 11.2. The maximum Gasteiger partial charge on any atom is 0.240 e. The lowest BCUT2D eigenvalue weighted by Crippen LogP contribution is -2.41. The van der Waals surface area contributed by atoms with E-state index in [0.717, 1.165) is 22.1 Å². The molecule has 0 radical (unpaired) electrons. The molecule has 0 atom stereocenters. The fraction of sp³-hybridized carbons (Fsp3) is 0.353. The van der Waals surface area contributed by atoms with Gasteiger partial charge in [0.1, 0.15) is 18.1 Å². The Bertz CT molecular complexity index is 806. The molecule has 2 aromatic rings. The molecule has 0 saturated carbocycles. The molecule has 0 aliphatic carbocycles. The highest BCUT2D eigenvalue weighted by molar-refractivity contribution is 7.98. The summed E-state index contributed by atoms with van der Waals surface area (Å²) in [5.41, 5.74) is 0.333. The molecule has 0 fully saturated rings. The molecule has 142 valence electrons. The Kier molecular flexibility index (Phi) is 7.40. The van der Waals surface area contributed by atoms with Crippen molar-refractivity contribution in [2.24, 2.45) is 0 Å². The number of nitrogens with one attached hydrogen (secondary N) is 1. The predicted molar refractivity (Wildman–Crippen MR) is 103 cm³/mol. The van der Waals surface area contributed by atoms with Crippen LogP contribution in [0, 0.1) is 0 Å². The molecule has 9 heteroatoms. The van der Waals surface area contributed by atoms with Crippen LogP contribution in [0.15, 0.2) is 47.1 Å². The highest BCUT2D eigenvalue weighted by Gasteiger charge is 2.23. The summed E-state index contributed by atoms with van der Waals surface area (Å²) < 4.78 is 35.7. The first-order valence-corrected chi connectivity index (χ1v) is 10.9. The first kappa shape index (κ1) is 20.2. The Morgan fingerprint density at radius 3 is 2.69 bits per heavy atom. The van der Waals surface area contributed by atoms with Crippen LogP contribution in [0.2, 0.25) is 0 Å². The summed E-state index contributed by atoms with van der Waals surface area (Å²) in [4.78, 5) is 12.2. The van der Waals surface area contributed by atoms with Crippen molar-refractivity contribution in [2.75, 3.05) is 36.5 Å². The molecule has 0 aliphatic rings. The Hall–Kier alpha value is -2.13. The maximum atomic E-state index is 12.2. The van der Waals surface area contributed by atoms with Crippen molar-refractivity contribution in [1.82, 2.24) is 5.32 Å². The fourth-order valence-corrected chi connectivity index (χ4v) is 3.85. The van der Waals surface area contributed by atoms with Gasteiger partial charge in [0.2, 0.25) is 15.9 Å². The number of anilines is 1. The van der Waals surface area contributed by atoms with Gasteiger partial charge < -0.3 is 14.5 Å². The average molecular weight is 399 g/mol. The number of benzene rings is 1. The number of hydrogen-bond donors (Lipinski definition) is 1. The number of rotatable bonds is 10. The van der Waals surface area contributed by atoms with Crippen LogP contribution in [0.1, 0.15) is 5.76 Å². The Labute approximate surface area is 157 Å². The van der Waals surface area contributed by atoms with Crippen LogP contribution in [0.4, 0.5) is 5.69 Å². The molecule has 1 heterocycles. The standard InChI is InChI=1S/C17H22N2O5S2/c1-23-16-8-4-3-7-15(16)19(26(2,21)22)12-17(20)18-9-11-25-13-14-6-5-10-24-14/h3-8,10H,9,11-13H2,1-2H3,(H,18,20). The van der Waals surface area contributed by atoms with Gasteiger partial charge in [-0.1, -0.05) is 12.1 Å². The third-order valence-electron chi connectivity index (χ3n) is 3.43. The number of para-hydroxylation sites is 2. The van der Waals surface area contributed by atoms with Crippen molar-refractivity contribution in [1.29, 1.82) is 0 Å². The maximum absolute atomic E-state index is 12.2. The number of carbonyl (C=O) groups excluding carboxylic acids is 1. The lowest BCUT2D eigenvalue weighted by Gasteiger charge is -2.23. The van der Waals surface area contributed by atoms with Crippen molar-refractivity contribution in [2.45, 2.75) is 5.75 Å². The first-order chi connectivity index (χ1) is 12.4. The number of sulfonamides is 1. The topological polar surface area (TPSA) is 88.8 Å². The second-order valence-corrected chi connectivity index (χ2v) is 8.44. The van der Waals surface area contributed by atoms with Gasteiger partial charge in [0.15, 0.2) is 0 Å². The van der Waals surface area contributed by atoms with Crippen LogP contribution in [0.3, 0.4) is 0 Å². The average Bonchev–Trinajstić information content (AvgIpc) is 3.12. The minimum atomic E-state index is -3.64. The van der Waals surface area contributed by atoms with Crippen LogP contribution in [-0.2, 0) is 20.6 Å². The third kappa shape index (κ3) is 5.99. The van der Waals surface area contributed by atoms with Crippen molar-refractivity contribution in [3.8, 4) is 5.75 Å². The molecule has 1 aromatic heterocycles.